The van der Waals surface area contributed by atoms with E-state index in [1.54, 1.807) is 20.8 Å². The third kappa shape index (κ3) is 7.63. The summed E-state index contributed by atoms with van der Waals surface area (Å²) in [5.74, 6) is -3.54. The van der Waals surface area contributed by atoms with E-state index in [9.17, 15) is 29.3 Å². The Morgan fingerprint density at radius 2 is 1.64 bits per heavy atom. The van der Waals surface area contributed by atoms with Crippen molar-refractivity contribution >= 4 is 29.7 Å². The molecule has 0 fully saturated rings. The minimum atomic E-state index is -1.19. The molecule has 1 unspecified atom stereocenters. The summed E-state index contributed by atoms with van der Waals surface area (Å²) in [5.41, 5.74) is -0.228. The molecule has 13 heteroatoms. The van der Waals surface area contributed by atoms with Crippen LogP contribution in [-0.2, 0) is 38.1 Å². The Morgan fingerprint density at radius 1 is 1.00 bits per heavy atom. The van der Waals surface area contributed by atoms with Crippen LogP contribution in [0.15, 0.2) is 46.8 Å². The van der Waals surface area contributed by atoms with Crippen molar-refractivity contribution in [3.8, 4) is 0 Å². The van der Waals surface area contributed by atoms with E-state index in [2.05, 4.69) is 0 Å². The van der Waals surface area contributed by atoms with Gasteiger partial charge in [-0.05, 0) is 33.3 Å². The summed E-state index contributed by atoms with van der Waals surface area (Å²) < 4.78 is 25.6. The quantitative estimate of drug-likeness (QED) is 0.0989. The van der Waals surface area contributed by atoms with Crippen molar-refractivity contribution in [2.75, 3.05) is 27.1 Å². The molecule has 212 valence electrons. The molecule has 0 aliphatic carbocycles. The summed E-state index contributed by atoms with van der Waals surface area (Å²) in [7, 11) is 1.42. The van der Waals surface area contributed by atoms with Gasteiger partial charge < -0.3 is 23.7 Å². The number of allylic oxidation sites excluding steroid dienone is 2. The molecule has 1 aliphatic rings. The van der Waals surface area contributed by atoms with Gasteiger partial charge in [-0.25, -0.2) is 14.4 Å². The predicted octanol–water partition coefficient (Wildman–Crippen LogP) is 3.73. The molecular weight excluding hydrogens is 516 g/mol. The highest BCUT2D eigenvalue weighted by Crippen LogP contribution is 2.44. The number of amides is 1. The Bertz CT molecular complexity index is 1190. The number of carbonyl (C=O) groups is 4. The van der Waals surface area contributed by atoms with Crippen LogP contribution in [-0.4, -0.2) is 67.0 Å². The maximum atomic E-state index is 13.4. The van der Waals surface area contributed by atoms with E-state index in [0.717, 1.165) is 4.90 Å². The Morgan fingerprint density at radius 3 is 2.21 bits per heavy atom. The Kier molecular flexibility index (Phi) is 11.2. The van der Waals surface area contributed by atoms with Gasteiger partial charge in [-0.15, -0.1) is 0 Å². The molecule has 1 aliphatic heterocycles. The lowest BCUT2D eigenvalue weighted by molar-refractivity contribution is -0.384. The number of hydrogen-bond donors (Lipinski definition) is 0. The zero-order valence-electron chi connectivity index (χ0n) is 22.7. The number of non-ortho nitro benzene ring substituents is 1. The summed E-state index contributed by atoms with van der Waals surface area (Å²) in [5, 5.41) is 11.5. The van der Waals surface area contributed by atoms with Gasteiger partial charge in [0.15, 0.2) is 0 Å². The zero-order valence-corrected chi connectivity index (χ0v) is 22.7. The maximum Gasteiger partial charge on any atom is 0.421 e. The molecule has 39 heavy (non-hydrogen) atoms. The number of nitro benzene ring substituents is 1. The lowest BCUT2D eigenvalue weighted by Gasteiger charge is -2.36. The second-order valence-corrected chi connectivity index (χ2v) is 8.60. The average molecular weight is 549 g/mol. The molecule has 1 aromatic carbocycles. The van der Waals surface area contributed by atoms with Crippen LogP contribution in [0.1, 0.15) is 52.5 Å². The van der Waals surface area contributed by atoms with Crippen LogP contribution in [0.4, 0.5) is 10.5 Å². The van der Waals surface area contributed by atoms with Crippen molar-refractivity contribution < 1.29 is 47.8 Å². The number of benzene rings is 1. The summed E-state index contributed by atoms with van der Waals surface area (Å²) in [6, 6.07) is 5.43. The van der Waals surface area contributed by atoms with Gasteiger partial charge in [0.1, 0.15) is 6.61 Å². The minimum absolute atomic E-state index is 0.0411. The fourth-order valence-corrected chi connectivity index (χ4v) is 3.90. The number of methoxy groups -OCH3 is 1. The van der Waals surface area contributed by atoms with Crippen molar-refractivity contribution in [1.29, 1.82) is 0 Å². The molecule has 0 N–H and O–H groups in total. The maximum absolute atomic E-state index is 13.4. The Labute approximate surface area is 225 Å². The monoisotopic (exact) mass is 548 g/mol. The predicted molar refractivity (Wildman–Crippen MR) is 135 cm³/mol. The molecule has 0 saturated heterocycles. The summed E-state index contributed by atoms with van der Waals surface area (Å²) >= 11 is 0. The fourth-order valence-electron chi connectivity index (χ4n) is 3.90. The van der Waals surface area contributed by atoms with Crippen LogP contribution in [0.2, 0.25) is 0 Å². The van der Waals surface area contributed by atoms with Gasteiger partial charge in [0.2, 0.25) is 6.79 Å². The molecule has 1 amide bonds. The molecule has 0 aromatic heterocycles. The number of hydrogen-bond acceptors (Lipinski definition) is 11. The van der Waals surface area contributed by atoms with E-state index in [0.29, 0.717) is 0 Å². The Balaban J connectivity index is 2.74. The van der Waals surface area contributed by atoms with Gasteiger partial charge in [-0.1, -0.05) is 19.1 Å². The molecule has 0 spiro atoms. The molecular formula is C26H32N2O11. The summed E-state index contributed by atoms with van der Waals surface area (Å²) in [4.78, 5) is 63.3. The highest BCUT2D eigenvalue weighted by Gasteiger charge is 2.43. The van der Waals surface area contributed by atoms with Gasteiger partial charge in [0.25, 0.3) is 5.69 Å². The van der Waals surface area contributed by atoms with Gasteiger partial charge in [-0.2, -0.15) is 0 Å². The lowest BCUT2D eigenvalue weighted by atomic mass is 9.79. The van der Waals surface area contributed by atoms with E-state index < -0.39 is 47.7 Å². The normalized spacial score (nSPS) is 15.3. The number of nitro groups is 1. The van der Waals surface area contributed by atoms with Crippen molar-refractivity contribution in [1.82, 2.24) is 4.90 Å². The second kappa shape index (κ2) is 14.0. The van der Waals surface area contributed by atoms with Crippen LogP contribution in [0.3, 0.4) is 0 Å². The van der Waals surface area contributed by atoms with Crippen LogP contribution >= 0.6 is 0 Å². The second-order valence-electron chi connectivity index (χ2n) is 8.60. The highest BCUT2D eigenvalue weighted by molar-refractivity contribution is 6.01. The minimum Gasteiger partial charge on any atom is -0.460 e. The standard InChI is InChI=1S/C26H32N2O11/c1-7-20(29)37-14-38-26(32)27-16(4)21(24(30)36-12-11-35-6)23(18-9-8-10-19(13-18)28(33)34)22(17(27)5)25(31)39-15(2)3/h8-10,13,15,23H,7,11-12,14H2,1-6H3. The van der Waals surface area contributed by atoms with E-state index in [4.69, 9.17) is 23.7 Å². The number of nitrogens with zero attached hydrogens (tertiary/aromatic N) is 2. The van der Waals surface area contributed by atoms with Crippen LogP contribution in [0, 0.1) is 10.1 Å². The average Bonchev–Trinajstić information content (AvgIpc) is 2.87. The first-order valence-corrected chi connectivity index (χ1v) is 12.1. The highest BCUT2D eigenvalue weighted by atomic mass is 16.7. The molecule has 1 heterocycles. The summed E-state index contributed by atoms with van der Waals surface area (Å²) in [6.45, 7) is 6.92. The molecule has 2 rings (SSSR count). The smallest absolute Gasteiger partial charge is 0.421 e. The van der Waals surface area contributed by atoms with Crippen LogP contribution in [0.5, 0.6) is 0 Å². The van der Waals surface area contributed by atoms with Crippen molar-refractivity contribution in [2.24, 2.45) is 0 Å². The number of esters is 3. The molecule has 0 radical (unpaired) electrons. The number of carbonyl (C=O) groups excluding carboxylic acids is 4. The largest absolute Gasteiger partial charge is 0.460 e. The van der Waals surface area contributed by atoms with E-state index in [1.165, 1.54) is 45.2 Å². The van der Waals surface area contributed by atoms with E-state index in [1.807, 2.05) is 0 Å². The molecule has 0 bridgehead atoms. The zero-order chi connectivity index (χ0) is 29.3. The third-order valence-electron chi connectivity index (χ3n) is 5.62. The fraction of sp³-hybridized carbons (Fsp3) is 0.462. The van der Waals surface area contributed by atoms with Gasteiger partial charge >= 0.3 is 24.0 Å². The molecule has 13 nitrogen and oxygen atoms in total. The first-order chi connectivity index (χ1) is 18.4. The summed E-state index contributed by atoms with van der Waals surface area (Å²) in [6.07, 6.45) is -1.54. The first kappa shape index (κ1) is 31.0. The SMILES string of the molecule is CCC(=O)OCOC(=O)N1C(C)=C(C(=O)OCCOC)C(c2cccc([N+](=O)[O-])c2)C(C(=O)OC(C)C)=C1C. The van der Waals surface area contributed by atoms with Crippen molar-refractivity contribution in [3.63, 3.8) is 0 Å². The topological polar surface area (TPSA) is 161 Å². The van der Waals surface area contributed by atoms with Gasteiger partial charge in [0.05, 0.1) is 34.7 Å². The van der Waals surface area contributed by atoms with E-state index >= 15 is 0 Å². The van der Waals surface area contributed by atoms with Crippen molar-refractivity contribution in [3.05, 3.63) is 62.5 Å². The molecule has 1 atom stereocenters. The number of ether oxygens (including phenoxy) is 5. The third-order valence-corrected chi connectivity index (χ3v) is 5.62. The number of rotatable bonds is 11. The first-order valence-electron chi connectivity index (χ1n) is 12.1. The van der Waals surface area contributed by atoms with E-state index in [-0.39, 0.29) is 53.4 Å². The Hall–Kier alpha value is -4.26. The lowest BCUT2D eigenvalue weighted by Crippen LogP contribution is -2.39. The molecule has 0 saturated carbocycles. The van der Waals surface area contributed by atoms with Gasteiger partial charge in [-0.3, -0.25) is 19.8 Å². The van der Waals surface area contributed by atoms with Crippen LogP contribution < -0.4 is 0 Å². The van der Waals surface area contributed by atoms with Crippen molar-refractivity contribution in [2.45, 2.75) is 53.1 Å². The van der Waals surface area contributed by atoms with Crippen LogP contribution in [0.25, 0.3) is 0 Å². The molecule has 1 aromatic rings. The van der Waals surface area contributed by atoms with Gasteiger partial charge in [0, 0.05) is 37.1 Å².